The number of carbonyl (C=O) groups excluding carboxylic acids is 1. The van der Waals surface area contributed by atoms with Crippen LogP contribution in [0.4, 0.5) is 4.39 Å². The van der Waals surface area contributed by atoms with Crippen molar-refractivity contribution in [1.82, 2.24) is 20.1 Å². The minimum absolute atomic E-state index is 0.0360. The number of hydrogen-bond donors (Lipinski definition) is 2. The summed E-state index contributed by atoms with van der Waals surface area (Å²) >= 11 is 0. The van der Waals surface area contributed by atoms with Crippen molar-refractivity contribution in [2.24, 2.45) is 0 Å². The number of benzene rings is 1. The van der Waals surface area contributed by atoms with Crippen LogP contribution in [0.5, 0.6) is 0 Å². The van der Waals surface area contributed by atoms with E-state index in [1.54, 1.807) is 36.1 Å². The zero-order valence-corrected chi connectivity index (χ0v) is 15.0. The molecule has 0 aliphatic rings. The van der Waals surface area contributed by atoms with E-state index in [4.69, 9.17) is 0 Å². The normalized spacial score (nSPS) is 12.0. The molecule has 0 aliphatic carbocycles. The quantitative estimate of drug-likeness (QED) is 0.670. The van der Waals surface area contributed by atoms with Crippen molar-refractivity contribution in [2.75, 3.05) is 6.54 Å². The molecule has 140 valence electrons. The van der Waals surface area contributed by atoms with Gasteiger partial charge in [-0.25, -0.2) is 4.39 Å². The Morgan fingerprint density at radius 2 is 1.93 bits per heavy atom. The maximum Gasteiger partial charge on any atom is 0.241 e. The Kier molecular flexibility index (Phi) is 5.93. The monoisotopic (exact) mass is 368 g/mol. The van der Waals surface area contributed by atoms with Crippen LogP contribution in [0.15, 0.2) is 54.9 Å². The second-order valence-electron chi connectivity index (χ2n) is 6.37. The molecule has 27 heavy (non-hydrogen) atoms. The predicted octanol–water partition coefficient (Wildman–Crippen LogP) is 2.17. The average Bonchev–Trinajstić information content (AvgIpc) is 3.05. The van der Waals surface area contributed by atoms with Crippen LogP contribution in [-0.4, -0.2) is 38.4 Å². The highest BCUT2D eigenvalue weighted by molar-refractivity contribution is 5.76. The van der Waals surface area contributed by atoms with Gasteiger partial charge in [-0.2, -0.15) is 5.10 Å². The molecule has 0 spiro atoms. The van der Waals surface area contributed by atoms with Crippen LogP contribution in [-0.2, 0) is 17.8 Å². The molecule has 2 heterocycles. The molecule has 3 rings (SSSR count). The number of nitrogens with zero attached hydrogens (tertiary/aromatic N) is 3. The van der Waals surface area contributed by atoms with Crippen LogP contribution in [0, 0.1) is 5.82 Å². The highest BCUT2D eigenvalue weighted by Gasteiger charge is 2.13. The fraction of sp³-hybridized carbons (Fsp3) is 0.250. The summed E-state index contributed by atoms with van der Waals surface area (Å²) in [6.07, 6.45) is 3.27. The van der Waals surface area contributed by atoms with Crippen molar-refractivity contribution in [3.63, 3.8) is 0 Å². The lowest BCUT2D eigenvalue weighted by Crippen LogP contribution is -2.33. The SMILES string of the molecule is C[C@H](O)CNC(=O)Cn1nc(-c2ccncc2)cc1Cc1ccc(F)cc1. The van der Waals surface area contributed by atoms with Crippen molar-refractivity contribution < 1.29 is 14.3 Å². The lowest BCUT2D eigenvalue weighted by atomic mass is 10.1. The van der Waals surface area contributed by atoms with Gasteiger partial charge in [0.25, 0.3) is 0 Å². The number of nitrogens with one attached hydrogen (secondary N) is 1. The van der Waals surface area contributed by atoms with Gasteiger partial charge in [-0.05, 0) is 42.8 Å². The van der Waals surface area contributed by atoms with E-state index in [9.17, 15) is 14.3 Å². The number of aliphatic hydroxyl groups is 1. The van der Waals surface area contributed by atoms with E-state index >= 15 is 0 Å². The van der Waals surface area contributed by atoms with E-state index in [1.165, 1.54) is 12.1 Å². The Bertz CT molecular complexity index is 892. The molecule has 3 aromatic rings. The van der Waals surface area contributed by atoms with Gasteiger partial charge in [0, 0.05) is 36.6 Å². The zero-order valence-electron chi connectivity index (χ0n) is 15.0. The molecule has 1 aromatic carbocycles. The van der Waals surface area contributed by atoms with Crippen molar-refractivity contribution in [2.45, 2.75) is 26.0 Å². The summed E-state index contributed by atoms with van der Waals surface area (Å²) < 4.78 is 14.8. The molecule has 0 aliphatic heterocycles. The van der Waals surface area contributed by atoms with Gasteiger partial charge in [-0.3, -0.25) is 14.5 Å². The summed E-state index contributed by atoms with van der Waals surface area (Å²) in [6.45, 7) is 1.83. The van der Waals surface area contributed by atoms with Gasteiger partial charge >= 0.3 is 0 Å². The molecular weight excluding hydrogens is 347 g/mol. The number of hydrogen-bond acceptors (Lipinski definition) is 4. The minimum Gasteiger partial charge on any atom is -0.392 e. The molecule has 0 fully saturated rings. The summed E-state index contributed by atoms with van der Waals surface area (Å²) in [7, 11) is 0. The van der Waals surface area contributed by atoms with Crippen LogP contribution in [0.25, 0.3) is 11.3 Å². The number of aromatic nitrogens is 3. The van der Waals surface area contributed by atoms with Gasteiger partial charge in [0.15, 0.2) is 0 Å². The molecule has 0 saturated carbocycles. The van der Waals surface area contributed by atoms with Gasteiger partial charge in [0.2, 0.25) is 5.91 Å². The highest BCUT2D eigenvalue weighted by Crippen LogP contribution is 2.20. The number of carbonyl (C=O) groups is 1. The molecule has 0 saturated heterocycles. The number of aliphatic hydroxyl groups excluding tert-OH is 1. The smallest absolute Gasteiger partial charge is 0.241 e. The highest BCUT2D eigenvalue weighted by atomic mass is 19.1. The largest absolute Gasteiger partial charge is 0.392 e. The van der Waals surface area contributed by atoms with E-state index < -0.39 is 6.10 Å². The van der Waals surface area contributed by atoms with Crippen molar-refractivity contribution >= 4 is 5.91 Å². The second-order valence-corrected chi connectivity index (χ2v) is 6.37. The predicted molar refractivity (Wildman–Crippen MR) is 99.4 cm³/mol. The van der Waals surface area contributed by atoms with E-state index in [-0.39, 0.29) is 24.8 Å². The molecule has 1 atom stereocenters. The third kappa shape index (κ3) is 5.21. The Balaban J connectivity index is 1.85. The zero-order chi connectivity index (χ0) is 19.2. The Hall–Kier alpha value is -3.06. The third-order valence-electron chi connectivity index (χ3n) is 4.03. The molecule has 7 heteroatoms. The fourth-order valence-corrected chi connectivity index (χ4v) is 2.66. The lowest BCUT2D eigenvalue weighted by molar-refractivity contribution is -0.122. The average molecular weight is 368 g/mol. The first-order valence-electron chi connectivity index (χ1n) is 8.67. The Morgan fingerprint density at radius 1 is 1.22 bits per heavy atom. The summed E-state index contributed by atoms with van der Waals surface area (Å²) in [6, 6.07) is 11.9. The third-order valence-corrected chi connectivity index (χ3v) is 4.03. The van der Waals surface area contributed by atoms with E-state index in [2.05, 4.69) is 15.4 Å². The summed E-state index contributed by atoms with van der Waals surface area (Å²) in [5.41, 5.74) is 3.38. The topological polar surface area (TPSA) is 80.0 Å². The van der Waals surface area contributed by atoms with Crippen molar-refractivity contribution in [1.29, 1.82) is 0 Å². The number of rotatable bonds is 7. The van der Waals surface area contributed by atoms with Crippen LogP contribution in [0.3, 0.4) is 0 Å². The molecule has 2 aromatic heterocycles. The fourth-order valence-electron chi connectivity index (χ4n) is 2.66. The summed E-state index contributed by atoms with van der Waals surface area (Å²) in [5.74, 6) is -0.525. The molecule has 0 bridgehead atoms. The molecule has 6 nitrogen and oxygen atoms in total. The summed E-state index contributed by atoms with van der Waals surface area (Å²) in [4.78, 5) is 16.2. The lowest BCUT2D eigenvalue weighted by Gasteiger charge is -2.10. The summed E-state index contributed by atoms with van der Waals surface area (Å²) in [5, 5.41) is 16.5. The number of pyridine rings is 1. The van der Waals surface area contributed by atoms with E-state index in [0.29, 0.717) is 6.42 Å². The molecule has 2 N–H and O–H groups in total. The molecule has 0 radical (unpaired) electrons. The van der Waals surface area contributed by atoms with E-state index in [0.717, 1.165) is 22.5 Å². The number of halogens is 1. The van der Waals surface area contributed by atoms with Crippen LogP contribution >= 0.6 is 0 Å². The van der Waals surface area contributed by atoms with Crippen molar-refractivity contribution in [3.8, 4) is 11.3 Å². The van der Waals surface area contributed by atoms with Crippen LogP contribution in [0.2, 0.25) is 0 Å². The van der Waals surface area contributed by atoms with E-state index in [1.807, 2.05) is 18.2 Å². The van der Waals surface area contributed by atoms with Crippen LogP contribution in [0.1, 0.15) is 18.2 Å². The maximum absolute atomic E-state index is 13.2. The van der Waals surface area contributed by atoms with Gasteiger partial charge in [-0.15, -0.1) is 0 Å². The molecule has 1 amide bonds. The maximum atomic E-state index is 13.2. The first kappa shape index (κ1) is 18.7. The van der Waals surface area contributed by atoms with Crippen molar-refractivity contribution in [3.05, 3.63) is 71.9 Å². The Morgan fingerprint density at radius 3 is 2.59 bits per heavy atom. The standard InChI is InChI=1S/C20H21FN4O2/c1-14(26)12-23-20(27)13-25-18(10-15-2-4-17(21)5-3-15)11-19(24-25)16-6-8-22-9-7-16/h2-9,11,14,26H,10,12-13H2,1H3,(H,23,27)/t14-/m0/s1. The van der Waals surface area contributed by atoms with Crippen LogP contribution < -0.4 is 5.32 Å². The molecule has 0 unspecified atom stereocenters. The van der Waals surface area contributed by atoms with Gasteiger partial charge < -0.3 is 10.4 Å². The van der Waals surface area contributed by atoms with Gasteiger partial charge in [0.05, 0.1) is 11.8 Å². The molecular formula is C20H21FN4O2. The first-order valence-corrected chi connectivity index (χ1v) is 8.67. The van der Waals surface area contributed by atoms with Gasteiger partial charge in [-0.1, -0.05) is 12.1 Å². The Labute approximate surface area is 156 Å². The second kappa shape index (κ2) is 8.55. The minimum atomic E-state index is -0.613. The number of amides is 1. The van der Waals surface area contributed by atoms with Gasteiger partial charge in [0.1, 0.15) is 12.4 Å². The first-order chi connectivity index (χ1) is 13.0.